The van der Waals surface area contributed by atoms with E-state index in [4.69, 9.17) is 4.74 Å². The Morgan fingerprint density at radius 1 is 1.47 bits per heavy atom. The lowest BCUT2D eigenvalue weighted by atomic mass is 10.1. The normalized spacial score (nSPS) is 24.6. The van der Waals surface area contributed by atoms with Gasteiger partial charge in [0.2, 0.25) is 10.0 Å². The molecule has 2 rings (SSSR count). The molecule has 0 aliphatic carbocycles. The average Bonchev–Trinajstić information content (AvgIpc) is 2.47. The number of carbonyl (C=O) groups excluding carboxylic acids is 1. The van der Waals surface area contributed by atoms with Crippen molar-refractivity contribution in [2.45, 2.75) is 30.9 Å². The average molecular weight is 288 g/mol. The van der Waals surface area contributed by atoms with E-state index >= 15 is 0 Å². The van der Waals surface area contributed by atoms with Gasteiger partial charge in [0.15, 0.2) is 5.76 Å². The molecular formula is C12H20N2O4S. The first-order valence-corrected chi connectivity index (χ1v) is 8.14. The van der Waals surface area contributed by atoms with Gasteiger partial charge in [-0.25, -0.2) is 13.1 Å². The van der Waals surface area contributed by atoms with E-state index in [1.54, 1.807) is 11.0 Å². The number of allylic oxidation sites excluding steroid dienone is 1. The van der Waals surface area contributed by atoms with E-state index in [2.05, 4.69) is 4.72 Å². The molecule has 0 saturated carbocycles. The third-order valence-electron chi connectivity index (χ3n) is 3.54. The molecule has 108 valence electrons. The molecule has 0 spiro atoms. The molecule has 7 heteroatoms. The van der Waals surface area contributed by atoms with Crippen LogP contribution in [0, 0.1) is 0 Å². The summed E-state index contributed by atoms with van der Waals surface area (Å²) in [6.45, 7) is 1.39. The number of hydrogen-bond donors (Lipinski definition) is 1. The maximum Gasteiger partial charge on any atom is 0.288 e. The number of ether oxygens (including phenoxy) is 1. The topological polar surface area (TPSA) is 75.7 Å². The van der Waals surface area contributed by atoms with Gasteiger partial charge in [-0.2, -0.15) is 0 Å². The number of rotatable bonds is 3. The molecule has 1 atom stereocenters. The number of carbonyl (C=O) groups is 1. The minimum atomic E-state index is -3.32. The minimum absolute atomic E-state index is 0.185. The third kappa shape index (κ3) is 3.27. The highest BCUT2D eigenvalue weighted by Gasteiger charge is 2.33. The van der Waals surface area contributed by atoms with E-state index in [0.29, 0.717) is 31.8 Å². The molecule has 1 unspecified atom stereocenters. The molecule has 0 bridgehead atoms. The minimum Gasteiger partial charge on any atom is -0.488 e. The van der Waals surface area contributed by atoms with Crippen LogP contribution in [0.25, 0.3) is 0 Å². The molecule has 2 heterocycles. The van der Waals surface area contributed by atoms with Crippen LogP contribution < -0.4 is 4.72 Å². The van der Waals surface area contributed by atoms with E-state index in [9.17, 15) is 13.2 Å². The Hall–Kier alpha value is -1.08. The van der Waals surface area contributed by atoms with Crippen LogP contribution in [-0.4, -0.2) is 51.2 Å². The maximum absolute atomic E-state index is 12.2. The zero-order valence-electron chi connectivity index (χ0n) is 11.1. The monoisotopic (exact) mass is 288 g/mol. The fraction of sp³-hybridized carbons (Fsp3) is 0.750. The summed E-state index contributed by atoms with van der Waals surface area (Å²) in [5, 5.41) is -0.528. The lowest BCUT2D eigenvalue weighted by Crippen LogP contribution is -2.48. The van der Waals surface area contributed by atoms with Crippen molar-refractivity contribution in [2.24, 2.45) is 0 Å². The number of piperidine rings is 1. The van der Waals surface area contributed by atoms with Gasteiger partial charge >= 0.3 is 0 Å². The molecule has 1 fully saturated rings. The maximum atomic E-state index is 12.2. The lowest BCUT2D eigenvalue weighted by molar-refractivity contribution is -0.132. The Kier molecular flexibility index (Phi) is 4.46. The molecule has 0 radical (unpaired) electrons. The van der Waals surface area contributed by atoms with Crippen molar-refractivity contribution in [2.75, 3.05) is 26.7 Å². The molecule has 0 aromatic carbocycles. The first-order chi connectivity index (χ1) is 9.04. The quantitative estimate of drug-likeness (QED) is 0.806. The zero-order chi connectivity index (χ0) is 13.9. The number of amides is 1. The molecular weight excluding hydrogens is 268 g/mol. The summed E-state index contributed by atoms with van der Waals surface area (Å²) in [4.78, 5) is 13.8. The predicted octanol–water partition coefficient (Wildman–Crippen LogP) is 0.221. The van der Waals surface area contributed by atoms with Crippen LogP contribution in [0.15, 0.2) is 11.8 Å². The summed E-state index contributed by atoms with van der Waals surface area (Å²) in [6.07, 6.45) is 4.85. The van der Waals surface area contributed by atoms with Crippen LogP contribution >= 0.6 is 0 Å². The van der Waals surface area contributed by atoms with Gasteiger partial charge in [0.05, 0.1) is 11.9 Å². The summed E-state index contributed by atoms with van der Waals surface area (Å²) < 4.78 is 31.3. The van der Waals surface area contributed by atoms with Crippen LogP contribution in [0.5, 0.6) is 0 Å². The van der Waals surface area contributed by atoms with Crippen molar-refractivity contribution in [3.05, 3.63) is 11.8 Å². The second-order valence-corrected chi connectivity index (χ2v) is 6.99. The van der Waals surface area contributed by atoms with Gasteiger partial charge < -0.3 is 9.64 Å². The fourth-order valence-corrected chi connectivity index (χ4v) is 3.59. The summed E-state index contributed by atoms with van der Waals surface area (Å²) in [5.41, 5.74) is 0. The van der Waals surface area contributed by atoms with Crippen LogP contribution in [0.1, 0.15) is 25.7 Å². The molecule has 0 aromatic heterocycles. The first-order valence-electron chi connectivity index (χ1n) is 6.59. The Morgan fingerprint density at radius 2 is 2.26 bits per heavy atom. The third-order valence-corrected chi connectivity index (χ3v) is 5.37. The van der Waals surface area contributed by atoms with E-state index in [1.165, 1.54) is 7.05 Å². The number of nitrogens with one attached hydrogen (secondary N) is 1. The first kappa shape index (κ1) is 14.3. The molecule has 19 heavy (non-hydrogen) atoms. The Bertz CT molecular complexity index is 472. The van der Waals surface area contributed by atoms with E-state index in [0.717, 1.165) is 12.8 Å². The largest absolute Gasteiger partial charge is 0.488 e. The number of sulfonamides is 1. The highest BCUT2D eigenvalue weighted by atomic mass is 32.2. The predicted molar refractivity (Wildman–Crippen MR) is 70.9 cm³/mol. The molecule has 1 saturated heterocycles. The number of likely N-dealkylation sites (tertiary alicyclic amines) is 1. The molecule has 2 aliphatic heterocycles. The molecule has 1 amide bonds. The van der Waals surface area contributed by atoms with Crippen LogP contribution in [0.2, 0.25) is 0 Å². The molecule has 1 N–H and O–H groups in total. The van der Waals surface area contributed by atoms with Gasteiger partial charge in [0.1, 0.15) is 0 Å². The second kappa shape index (κ2) is 5.92. The van der Waals surface area contributed by atoms with Crippen LogP contribution in [0.4, 0.5) is 0 Å². The van der Waals surface area contributed by atoms with E-state index in [1.807, 2.05) is 0 Å². The van der Waals surface area contributed by atoms with Gasteiger partial charge in [0, 0.05) is 13.1 Å². The van der Waals surface area contributed by atoms with Crippen LogP contribution in [-0.2, 0) is 19.6 Å². The summed E-state index contributed by atoms with van der Waals surface area (Å²) in [6, 6.07) is 0. The number of hydrogen-bond acceptors (Lipinski definition) is 4. The van der Waals surface area contributed by atoms with Crippen molar-refractivity contribution in [3.63, 3.8) is 0 Å². The molecule has 6 nitrogen and oxygen atoms in total. The Labute approximate surface area is 113 Å². The highest BCUT2D eigenvalue weighted by molar-refractivity contribution is 7.90. The summed E-state index contributed by atoms with van der Waals surface area (Å²) >= 11 is 0. The molecule has 2 aliphatic rings. The standard InChI is InChI=1S/C12H20N2O4S/c1-13-19(16,17)10-5-4-7-14(9-10)12(15)11-6-2-3-8-18-11/h6,10,13H,2-5,7-9H2,1H3. The zero-order valence-corrected chi connectivity index (χ0v) is 11.9. The number of nitrogens with zero attached hydrogens (tertiary/aromatic N) is 1. The van der Waals surface area contributed by atoms with Gasteiger partial charge in [0.25, 0.3) is 5.91 Å². The van der Waals surface area contributed by atoms with E-state index in [-0.39, 0.29) is 12.5 Å². The van der Waals surface area contributed by atoms with Gasteiger partial charge in [-0.1, -0.05) is 0 Å². The second-order valence-electron chi connectivity index (χ2n) is 4.82. The van der Waals surface area contributed by atoms with Crippen molar-refractivity contribution < 1.29 is 17.9 Å². The van der Waals surface area contributed by atoms with E-state index < -0.39 is 15.3 Å². The highest BCUT2D eigenvalue weighted by Crippen LogP contribution is 2.20. The molecule has 0 aromatic rings. The fourth-order valence-electron chi connectivity index (χ4n) is 2.41. The lowest BCUT2D eigenvalue weighted by Gasteiger charge is -2.33. The Balaban J connectivity index is 2.05. The summed E-state index contributed by atoms with van der Waals surface area (Å²) in [7, 11) is -1.92. The van der Waals surface area contributed by atoms with Crippen molar-refractivity contribution in [3.8, 4) is 0 Å². The van der Waals surface area contributed by atoms with Crippen LogP contribution in [0.3, 0.4) is 0 Å². The SMILES string of the molecule is CNS(=O)(=O)C1CCCN(C(=O)C2=CCCCO2)C1. The van der Waals surface area contributed by atoms with Gasteiger partial charge in [-0.15, -0.1) is 0 Å². The smallest absolute Gasteiger partial charge is 0.288 e. The summed E-state index contributed by atoms with van der Waals surface area (Å²) in [5.74, 6) is 0.185. The van der Waals surface area contributed by atoms with Gasteiger partial charge in [-0.3, -0.25) is 4.79 Å². The van der Waals surface area contributed by atoms with Crippen molar-refractivity contribution in [1.82, 2.24) is 9.62 Å². The van der Waals surface area contributed by atoms with Crippen molar-refractivity contribution >= 4 is 15.9 Å². The van der Waals surface area contributed by atoms with Gasteiger partial charge in [-0.05, 0) is 38.8 Å². The van der Waals surface area contributed by atoms with Crippen molar-refractivity contribution in [1.29, 1.82) is 0 Å². The Morgan fingerprint density at radius 3 is 2.89 bits per heavy atom.